The SMILES string of the molecule is O=c1cc(OC2CCCCCC2)nc(C2CC2)[nH]1. The zero-order valence-corrected chi connectivity index (χ0v) is 10.7. The Balaban J connectivity index is 1.72. The Hall–Kier alpha value is -1.32. The van der Waals surface area contributed by atoms with Gasteiger partial charge in [-0.3, -0.25) is 4.79 Å². The number of hydrogen-bond donors (Lipinski definition) is 1. The predicted octanol–water partition coefficient (Wildman–Crippen LogP) is 2.75. The van der Waals surface area contributed by atoms with Crippen molar-refractivity contribution in [1.82, 2.24) is 9.97 Å². The summed E-state index contributed by atoms with van der Waals surface area (Å²) in [5.74, 6) is 1.79. The van der Waals surface area contributed by atoms with Gasteiger partial charge in [-0.25, -0.2) is 0 Å². The van der Waals surface area contributed by atoms with E-state index in [-0.39, 0.29) is 11.7 Å². The fourth-order valence-corrected chi connectivity index (χ4v) is 2.59. The summed E-state index contributed by atoms with van der Waals surface area (Å²) < 4.78 is 5.90. The van der Waals surface area contributed by atoms with Gasteiger partial charge in [-0.15, -0.1) is 0 Å². The third-order valence-electron chi connectivity index (χ3n) is 3.79. The summed E-state index contributed by atoms with van der Waals surface area (Å²) in [6.45, 7) is 0. The van der Waals surface area contributed by atoms with Crippen molar-refractivity contribution in [2.24, 2.45) is 0 Å². The Labute approximate surface area is 107 Å². The highest BCUT2D eigenvalue weighted by atomic mass is 16.5. The topological polar surface area (TPSA) is 55.0 Å². The lowest BCUT2D eigenvalue weighted by Gasteiger charge is -2.16. The molecule has 0 aromatic carbocycles. The second-order valence-corrected chi connectivity index (χ2v) is 5.47. The van der Waals surface area contributed by atoms with Crippen LogP contribution in [0.4, 0.5) is 0 Å². The summed E-state index contributed by atoms with van der Waals surface area (Å²) in [5, 5.41) is 0. The van der Waals surface area contributed by atoms with E-state index >= 15 is 0 Å². The third kappa shape index (κ3) is 2.92. The monoisotopic (exact) mass is 248 g/mol. The molecule has 0 unspecified atom stereocenters. The van der Waals surface area contributed by atoms with E-state index in [1.807, 2.05) is 0 Å². The molecule has 98 valence electrons. The number of hydrogen-bond acceptors (Lipinski definition) is 3. The lowest BCUT2D eigenvalue weighted by Crippen LogP contribution is -2.19. The van der Waals surface area contributed by atoms with Crippen LogP contribution < -0.4 is 10.3 Å². The second-order valence-electron chi connectivity index (χ2n) is 5.47. The zero-order valence-electron chi connectivity index (χ0n) is 10.7. The standard InChI is InChI=1S/C14H20N2O2/c17-12-9-13(16-14(15-12)10-7-8-10)18-11-5-3-1-2-4-6-11/h9-11H,1-8H2,(H,15,16,17). The van der Waals surface area contributed by atoms with Gasteiger partial charge in [0, 0.05) is 5.92 Å². The van der Waals surface area contributed by atoms with E-state index in [2.05, 4.69) is 9.97 Å². The molecule has 0 atom stereocenters. The fourth-order valence-electron chi connectivity index (χ4n) is 2.59. The average Bonchev–Trinajstić information content (AvgIpc) is 3.16. The van der Waals surface area contributed by atoms with Gasteiger partial charge in [0.25, 0.3) is 5.56 Å². The van der Waals surface area contributed by atoms with Crippen molar-refractivity contribution >= 4 is 0 Å². The van der Waals surface area contributed by atoms with Crippen LogP contribution in [0.25, 0.3) is 0 Å². The molecule has 1 N–H and O–H groups in total. The Morgan fingerprint density at radius 3 is 2.50 bits per heavy atom. The molecule has 0 amide bonds. The number of aromatic amines is 1. The van der Waals surface area contributed by atoms with Crippen LogP contribution >= 0.6 is 0 Å². The summed E-state index contributed by atoms with van der Waals surface area (Å²) in [4.78, 5) is 18.8. The van der Waals surface area contributed by atoms with Gasteiger partial charge in [0.15, 0.2) is 0 Å². The molecule has 1 aromatic heterocycles. The molecule has 1 aromatic rings. The van der Waals surface area contributed by atoms with Gasteiger partial charge in [0.2, 0.25) is 5.88 Å². The summed E-state index contributed by atoms with van der Waals surface area (Å²) in [5.41, 5.74) is -0.0875. The molecule has 0 radical (unpaired) electrons. The van der Waals surface area contributed by atoms with Crippen LogP contribution in [0.15, 0.2) is 10.9 Å². The van der Waals surface area contributed by atoms with Gasteiger partial charge in [0.05, 0.1) is 6.07 Å². The van der Waals surface area contributed by atoms with Crippen molar-refractivity contribution in [2.75, 3.05) is 0 Å². The van der Waals surface area contributed by atoms with Crippen molar-refractivity contribution in [3.05, 3.63) is 22.2 Å². The van der Waals surface area contributed by atoms with Crippen molar-refractivity contribution in [2.45, 2.75) is 63.4 Å². The minimum absolute atomic E-state index is 0.0875. The lowest BCUT2D eigenvalue weighted by molar-refractivity contribution is 0.175. The van der Waals surface area contributed by atoms with Crippen LogP contribution in [0.5, 0.6) is 5.88 Å². The first-order chi connectivity index (χ1) is 8.81. The first-order valence-corrected chi connectivity index (χ1v) is 7.09. The van der Waals surface area contributed by atoms with Crippen LogP contribution in [0, 0.1) is 0 Å². The fraction of sp³-hybridized carbons (Fsp3) is 0.714. The number of rotatable bonds is 3. The van der Waals surface area contributed by atoms with Crippen LogP contribution in [-0.2, 0) is 0 Å². The normalized spacial score (nSPS) is 21.6. The number of ether oxygens (including phenoxy) is 1. The zero-order chi connectivity index (χ0) is 12.4. The first kappa shape index (κ1) is 11.8. The molecule has 4 nitrogen and oxygen atoms in total. The van der Waals surface area contributed by atoms with Gasteiger partial charge >= 0.3 is 0 Å². The van der Waals surface area contributed by atoms with Crippen molar-refractivity contribution < 1.29 is 4.74 Å². The molecule has 2 saturated carbocycles. The van der Waals surface area contributed by atoms with Gasteiger partial charge < -0.3 is 9.72 Å². The highest BCUT2D eigenvalue weighted by Gasteiger charge is 2.27. The van der Waals surface area contributed by atoms with E-state index in [0.29, 0.717) is 11.8 Å². The van der Waals surface area contributed by atoms with Crippen molar-refractivity contribution in [3.8, 4) is 5.88 Å². The van der Waals surface area contributed by atoms with Gasteiger partial charge in [-0.05, 0) is 38.5 Å². The Bertz CT molecular complexity index is 457. The highest BCUT2D eigenvalue weighted by Crippen LogP contribution is 2.38. The van der Waals surface area contributed by atoms with E-state index in [1.54, 1.807) is 0 Å². The Morgan fingerprint density at radius 1 is 1.11 bits per heavy atom. The third-order valence-corrected chi connectivity index (χ3v) is 3.79. The number of nitrogens with zero attached hydrogens (tertiary/aromatic N) is 1. The molecule has 3 rings (SSSR count). The molecule has 4 heteroatoms. The maximum absolute atomic E-state index is 11.6. The van der Waals surface area contributed by atoms with E-state index in [9.17, 15) is 4.79 Å². The van der Waals surface area contributed by atoms with Crippen LogP contribution in [0.2, 0.25) is 0 Å². The summed E-state index contributed by atoms with van der Waals surface area (Å²) in [7, 11) is 0. The van der Waals surface area contributed by atoms with Gasteiger partial charge in [-0.1, -0.05) is 12.8 Å². The lowest BCUT2D eigenvalue weighted by atomic mass is 10.1. The molecule has 1 heterocycles. The van der Waals surface area contributed by atoms with E-state index in [1.165, 1.54) is 31.7 Å². The number of H-pyrrole nitrogens is 1. The second kappa shape index (κ2) is 5.12. The molecule has 0 aliphatic heterocycles. The first-order valence-electron chi connectivity index (χ1n) is 7.09. The molecule has 2 aliphatic rings. The molecule has 2 fully saturated rings. The predicted molar refractivity (Wildman–Crippen MR) is 69.0 cm³/mol. The Kier molecular flexibility index (Phi) is 3.35. The quantitative estimate of drug-likeness (QED) is 0.837. The summed E-state index contributed by atoms with van der Waals surface area (Å²) in [6, 6.07) is 1.48. The maximum Gasteiger partial charge on any atom is 0.254 e. The number of aromatic nitrogens is 2. The molecule has 0 spiro atoms. The average molecular weight is 248 g/mol. The van der Waals surface area contributed by atoms with Crippen molar-refractivity contribution in [1.29, 1.82) is 0 Å². The molecule has 0 bridgehead atoms. The molecular weight excluding hydrogens is 228 g/mol. The van der Waals surface area contributed by atoms with Crippen LogP contribution in [0.3, 0.4) is 0 Å². The molecule has 2 aliphatic carbocycles. The van der Waals surface area contributed by atoms with Crippen LogP contribution in [-0.4, -0.2) is 16.1 Å². The van der Waals surface area contributed by atoms with Gasteiger partial charge in [0.1, 0.15) is 11.9 Å². The number of nitrogens with one attached hydrogen (secondary N) is 1. The van der Waals surface area contributed by atoms with E-state index in [0.717, 1.165) is 31.5 Å². The minimum atomic E-state index is -0.0875. The van der Waals surface area contributed by atoms with Crippen LogP contribution in [0.1, 0.15) is 63.1 Å². The molecule has 0 saturated heterocycles. The summed E-state index contributed by atoms with van der Waals surface area (Å²) in [6.07, 6.45) is 9.75. The van der Waals surface area contributed by atoms with Gasteiger partial charge in [-0.2, -0.15) is 4.98 Å². The summed E-state index contributed by atoms with van der Waals surface area (Å²) >= 11 is 0. The van der Waals surface area contributed by atoms with E-state index < -0.39 is 0 Å². The largest absolute Gasteiger partial charge is 0.474 e. The molecular formula is C14H20N2O2. The minimum Gasteiger partial charge on any atom is -0.474 e. The Morgan fingerprint density at radius 2 is 1.83 bits per heavy atom. The van der Waals surface area contributed by atoms with Crippen molar-refractivity contribution in [3.63, 3.8) is 0 Å². The van der Waals surface area contributed by atoms with E-state index in [4.69, 9.17) is 4.74 Å². The molecule has 18 heavy (non-hydrogen) atoms. The highest BCUT2D eigenvalue weighted by molar-refractivity contribution is 5.14. The maximum atomic E-state index is 11.6. The smallest absolute Gasteiger partial charge is 0.254 e.